The summed E-state index contributed by atoms with van der Waals surface area (Å²) in [5, 5.41) is 16.2. The number of aromatic nitrogens is 6. The molecule has 0 atom stereocenters. The Labute approximate surface area is 228 Å². The van der Waals surface area contributed by atoms with Gasteiger partial charge in [-0.15, -0.1) is 5.10 Å². The van der Waals surface area contributed by atoms with Crippen LogP contribution in [0.2, 0.25) is 0 Å². The second-order valence-corrected chi connectivity index (χ2v) is 9.12. The molecule has 1 N–H and O–H groups in total. The van der Waals surface area contributed by atoms with Crippen LogP contribution in [0.25, 0.3) is 16.7 Å². The van der Waals surface area contributed by atoms with Crippen molar-refractivity contribution >= 4 is 34.8 Å². The summed E-state index contributed by atoms with van der Waals surface area (Å²) in [6, 6.07) is 34.1. The van der Waals surface area contributed by atoms with Crippen LogP contribution < -0.4 is 10.1 Å². The molecule has 0 saturated heterocycles. The maximum atomic E-state index is 13.0. The zero-order valence-electron chi connectivity index (χ0n) is 20.7. The van der Waals surface area contributed by atoms with Crippen molar-refractivity contribution in [3.63, 3.8) is 0 Å². The average molecular weight is 534 g/mol. The van der Waals surface area contributed by atoms with Crippen LogP contribution in [0.4, 0.5) is 5.69 Å². The third-order valence-electron chi connectivity index (χ3n) is 6.04. The molecule has 0 aliphatic carbocycles. The number of carbonyl (C=O) groups is 1. The zero-order valence-corrected chi connectivity index (χ0v) is 21.5. The first-order valence-corrected chi connectivity index (χ1v) is 12.7. The largest absolute Gasteiger partial charge is 0.457 e. The Balaban J connectivity index is 1.22. The second kappa shape index (κ2) is 10.7. The number of amides is 1. The van der Waals surface area contributed by atoms with E-state index in [2.05, 4.69) is 15.6 Å². The van der Waals surface area contributed by atoms with Crippen LogP contribution in [0.15, 0.2) is 109 Å². The summed E-state index contributed by atoms with van der Waals surface area (Å²) >= 11 is 5.77. The Morgan fingerprint density at radius 2 is 1.46 bits per heavy atom. The Bertz CT molecular complexity index is 1790. The van der Waals surface area contributed by atoms with Gasteiger partial charge in [0.1, 0.15) is 30.1 Å². The molecule has 6 aromatic rings. The molecule has 1 amide bonds. The fourth-order valence-corrected chi connectivity index (χ4v) is 4.55. The van der Waals surface area contributed by atoms with Gasteiger partial charge in [-0.3, -0.25) is 9.36 Å². The molecule has 0 aliphatic rings. The lowest BCUT2D eigenvalue weighted by atomic mass is 10.3. The lowest BCUT2D eigenvalue weighted by molar-refractivity contribution is -0.116. The molecule has 0 radical (unpaired) electrons. The molecular formula is C29H23N7O2S. The van der Waals surface area contributed by atoms with Crippen molar-refractivity contribution in [1.29, 1.82) is 0 Å². The van der Waals surface area contributed by atoms with E-state index in [1.54, 1.807) is 28.9 Å². The van der Waals surface area contributed by atoms with E-state index in [1.807, 2.05) is 89.5 Å². The highest BCUT2D eigenvalue weighted by molar-refractivity contribution is 7.71. The topological polar surface area (TPSA) is 91.8 Å². The minimum Gasteiger partial charge on any atom is -0.457 e. The van der Waals surface area contributed by atoms with E-state index in [1.165, 1.54) is 4.68 Å². The molecule has 0 fully saturated rings. The third-order valence-corrected chi connectivity index (χ3v) is 6.44. The number of fused-ring (bicyclic) bond motifs is 1. The molecule has 0 spiro atoms. The average Bonchev–Trinajstić information content (AvgIpc) is 3.51. The highest BCUT2D eigenvalue weighted by atomic mass is 32.1. The standard InChI is InChI=1S/C29H23N7O2S/c37-28(30-21-15-17-24(18-16-21)38-23-11-5-2-6-12-23)20-35-29(39)36(22-9-3-1-4-10-22)27(32-35)19-34-26-14-8-7-13-25(26)31-33-34/h1-18H,19-20H2,(H,30,37). The number of rotatable bonds is 8. The van der Waals surface area contributed by atoms with E-state index < -0.39 is 0 Å². The van der Waals surface area contributed by atoms with Crippen molar-refractivity contribution < 1.29 is 9.53 Å². The molecule has 192 valence electrons. The lowest BCUT2D eigenvalue weighted by Crippen LogP contribution is -2.20. The summed E-state index contributed by atoms with van der Waals surface area (Å²) in [5.41, 5.74) is 3.17. The molecule has 0 saturated carbocycles. The molecule has 2 heterocycles. The van der Waals surface area contributed by atoms with E-state index in [0.717, 1.165) is 22.5 Å². The molecule has 10 heteroatoms. The van der Waals surface area contributed by atoms with Crippen LogP contribution in [0.5, 0.6) is 11.5 Å². The van der Waals surface area contributed by atoms with Crippen molar-refractivity contribution in [3.8, 4) is 17.2 Å². The van der Waals surface area contributed by atoms with Crippen LogP contribution in [0.1, 0.15) is 5.82 Å². The van der Waals surface area contributed by atoms with E-state index in [0.29, 0.717) is 28.6 Å². The highest BCUT2D eigenvalue weighted by Crippen LogP contribution is 2.23. The van der Waals surface area contributed by atoms with E-state index in [9.17, 15) is 4.79 Å². The van der Waals surface area contributed by atoms with Gasteiger partial charge in [0.25, 0.3) is 0 Å². The fraction of sp³-hybridized carbons (Fsp3) is 0.0690. The molecule has 0 aliphatic heterocycles. The van der Waals surface area contributed by atoms with Crippen LogP contribution in [-0.2, 0) is 17.9 Å². The van der Waals surface area contributed by atoms with Gasteiger partial charge in [-0.05, 0) is 72.9 Å². The summed E-state index contributed by atoms with van der Waals surface area (Å²) in [6.07, 6.45) is 0. The Morgan fingerprint density at radius 3 is 2.23 bits per heavy atom. The number of nitrogens with zero attached hydrogens (tertiary/aromatic N) is 6. The van der Waals surface area contributed by atoms with Gasteiger partial charge in [0.05, 0.1) is 5.52 Å². The summed E-state index contributed by atoms with van der Waals surface area (Å²) in [4.78, 5) is 13.0. The number of hydrogen-bond acceptors (Lipinski definition) is 6. The summed E-state index contributed by atoms with van der Waals surface area (Å²) in [5.74, 6) is 1.80. The van der Waals surface area contributed by atoms with Crippen molar-refractivity contribution in [2.24, 2.45) is 0 Å². The maximum Gasteiger partial charge on any atom is 0.246 e. The van der Waals surface area contributed by atoms with Gasteiger partial charge in [0.15, 0.2) is 5.82 Å². The normalized spacial score (nSPS) is 11.0. The van der Waals surface area contributed by atoms with E-state index in [4.69, 9.17) is 22.1 Å². The minimum absolute atomic E-state index is 0.0496. The minimum atomic E-state index is -0.252. The van der Waals surface area contributed by atoms with Crippen LogP contribution in [0.3, 0.4) is 0 Å². The van der Waals surface area contributed by atoms with E-state index in [-0.39, 0.29) is 12.5 Å². The Morgan fingerprint density at radius 1 is 0.795 bits per heavy atom. The van der Waals surface area contributed by atoms with Gasteiger partial charge in [-0.25, -0.2) is 9.36 Å². The van der Waals surface area contributed by atoms with Crippen molar-refractivity contribution in [3.05, 3.63) is 120 Å². The summed E-state index contributed by atoms with van der Waals surface area (Å²) in [6.45, 7) is 0.280. The molecular weight excluding hydrogens is 510 g/mol. The van der Waals surface area contributed by atoms with Gasteiger partial charge in [-0.2, -0.15) is 5.10 Å². The molecule has 39 heavy (non-hydrogen) atoms. The Hall–Kier alpha value is -5.09. The van der Waals surface area contributed by atoms with Crippen molar-refractivity contribution in [2.75, 3.05) is 5.32 Å². The monoisotopic (exact) mass is 533 g/mol. The maximum absolute atomic E-state index is 13.0. The van der Waals surface area contributed by atoms with Gasteiger partial charge >= 0.3 is 0 Å². The molecule has 0 unspecified atom stereocenters. The van der Waals surface area contributed by atoms with Gasteiger partial charge in [-0.1, -0.05) is 53.7 Å². The van der Waals surface area contributed by atoms with Gasteiger partial charge in [0, 0.05) is 11.4 Å². The smallest absolute Gasteiger partial charge is 0.246 e. The van der Waals surface area contributed by atoms with Crippen molar-refractivity contribution in [2.45, 2.75) is 13.1 Å². The van der Waals surface area contributed by atoms with Gasteiger partial charge in [0.2, 0.25) is 10.7 Å². The van der Waals surface area contributed by atoms with Crippen molar-refractivity contribution in [1.82, 2.24) is 29.3 Å². The number of anilines is 1. The first kappa shape index (κ1) is 24.3. The third kappa shape index (κ3) is 5.32. The number of benzene rings is 4. The first-order valence-electron chi connectivity index (χ1n) is 12.3. The predicted octanol–water partition coefficient (Wildman–Crippen LogP) is 5.63. The molecule has 6 rings (SSSR count). The second-order valence-electron chi connectivity index (χ2n) is 8.75. The quantitative estimate of drug-likeness (QED) is 0.255. The van der Waals surface area contributed by atoms with Crippen LogP contribution in [-0.4, -0.2) is 35.2 Å². The predicted molar refractivity (Wildman–Crippen MR) is 151 cm³/mol. The SMILES string of the molecule is O=C(Cn1nc(Cn2nnc3ccccc32)n(-c2ccccc2)c1=S)Nc1ccc(Oc2ccccc2)cc1. The van der Waals surface area contributed by atoms with E-state index >= 15 is 0 Å². The van der Waals surface area contributed by atoms with Gasteiger partial charge < -0.3 is 10.1 Å². The summed E-state index contributed by atoms with van der Waals surface area (Å²) < 4.78 is 11.4. The number of carbonyl (C=O) groups excluding carboxylic acids is 1. The molecule has 4 aromatic carbocycles. The fourth-order valence-electron chi connectivity index (χ4n) is 4.23. The molecule has 9 nitrogen and oxygen atoms in total. The first-order chi connectivity index (χ1) is 19.1. The number of para-hydroxylation sites is 3. The van der Waals surface area contributed by atoms with Crippen LogP contribution in [0, 0.1) is 4.77 Å². The number of hydrogen-bond donors (Lipinski definition) is 1. The number of ether oxygens (including phenoxy) is 1. The summed E-state index contributed by atoms with van der Waals surface area (Å²) in [7, 11) is 0. The molecule has 0 bridgehead atoms. The number of nitrogens with one attached hydrogen (secondary N) is 1. The lowest BCUT2D eigenvalue weighted by Gasteiger charge is -2.08. The zero-order chi connectivity index (χ0) is 26.6. The van der Waals surface area contributed by atoms with Crippen LogP contribution >= 0.6 is 12.2 Å². The highest BCUT2D eigenvalue weighted by Gasteiger charge is 2.17. The Kier molecular flexibility index (Phi) is 6.67. The molecule has 2 aromatic heterocycles.